The van der Waals surface area contributed by atoms with Crippen LogP contribution in [-0.4, -0.2) is 21.7 Å². The molecule has 1 amide bonds. The van der Waals surface area contributed by atoms with Gasteiger partial charge in [-0.15, -0.1) is 11.6 Å². The molecule has 0 aromatic rings. The number of alkyl halides is 2. The second-order valence-corrected chi connectivity index (χ2v) is 8.45. The third kappa shape index (κ3) is 2.14. The maximum absolute atomic E-state index is 11.8. The van der Waals surface area contributed by atoms with Crippen molar-refractivity contribution in [3.05, 3.63) is 0 Å². The summed E-state index contributed by atoms with van der Waals surface area (Å²) in [6, 6.07) is 0.380. The Balaban J connectivity index is 1.74. The van der Waals surface area contributed by atoms with Gasteiger partial charge in [-0.1, -0.05) is 15.9 Å². The zero-order chi connectivity index (χ0) is 12.2. The molecule has 0 aliphatic heterocycles. The molecular formula is C13H19BrClNO. The fourth-order valence-electron chi connectivity index (χ4n) is 4.44. The molecule has 0 aromatic heterocycles. The van der Waals surface area contributed by atoms with Gasteiger partial charge in [-0.05, 0) is 56.8 Å². The van der Waals surface area contributed by atoms with Crippen LogP contribution in [0, 0.1) is 17.8 Å². The van der Waals surface area contributed by atoms with Crippen LogP contribution in [-0.2, 0) is 4.79 Å². The number of carbonyl (C=O) groups excluding carboxylic acids is 1. The van der Waals surface area contributed by atoms with Gasteiger partial charge in [-0.2, -0.15) is 0 Å². The van der Waals surface area contributed by atoms with E-state index in [1.165, 1.54) is 19.3 Å². The van der Waals surface area contributed by atoms with Gasteiger partial charge in [0.15, 0.2) is 0 Å². The zero-order valence-electron chi connectivity index (χ0n) is 10.1. The van der Waals surface area contributed by atoms with E-state index in [2.05, 4.69) is 21.2 Å². The van der Waals surface area contributed by atoms with Gasteiger partial charge in [0.2, 0.25) is 5.91 Å². The molecule has 4 rings (SSSR count). The van der Waals surface area contributed by atoms with Crippen molar-refractivity contribution < 1.29 is 4.79 Å². The number of nitrogens with one attached hydrogen (secondary N) is 1. The number of amides is 1. The number of hydrogen-bond acceptors (Lipinski definition) is 1. The third-order valence-corrected chi connectivity index (χ3v) is 5.75. The Kier molecular flexibility index (Phi) is 2.98. The fraction of sp³-hybridized carbons (Fsp3) is 0.923. The van der Waals surface area contributed by atoms with Crippen molar-refractivity contribution in [1.82, 2.24) is 5.32 Å². The lowest BCUT2D eigenvalue weighted by atomic mass is 9.53. The van der Waals surface area contributed by atoms with E-state index in [0.29, 0.717) is 17.9 Å². The molecule has 2 nitrogen and oxygen atoms in total. The number of hydrogen-bond donors (Lipinski definition) is 1. The second-order valence-electron chi connectivity index (χ2n) is 6.27. The van der Waals surface area contributed by atoms with E-state index >= 15 is 0 Å². The van der Waals surface area contributed by atoms with Gasteiger partial charge in [0, 0.05) is 10.9 Å². The van der Waals surface area contributed by atoms with E-state index in [1.807, 2.05) is 6.92 Å². The highest BCUT2D eigenvalue weighted by Crippen LogP contribution is 2.58. The molecule has 4 bridgehead atoms. The Bertz CT molecular complexity index is 330. The van der Waals surface area contributed by atoms with Gasteiger partial charge in [-0.25, -0.2) is 0 Å². The van der Waals surface area contributed by atoms with E-state index in [1.54, 1.807) is 0 Å². The first kappa shape index (κ1) is 12.3. The zero-order valence-corrected chi connectivity index (χ0v) is 12.4. The highest BCUT2D eigenvalue weighted by atomic mass is 79.9. The molecule has 0 spiro atoms. The molecule has 3 atom stereocenters. The van der Waals surface area contributed by atoms with Crippen molar-refractivity contribution in [2.75, 3.05) is 0 Å². The van der Waals surface area contributed by atoms with Crippen LogP contribution in [0.25, 0.3) is 0 Å². The van der Waals surface area contributed by atoms with Crippen molar-refractivity contribution in [2.45, 2.75) is 54.8 Å². The minimum atomic E-state index is -0.0929. The molecule has 0 radical (unpaired) electrons. The molecule has 4 saturated carbocycles. The Hall–Kier alpha value is 0.240. The molecule has 4 aliphatic rings. The quantitative estimate of drug-likeness (QED) is 0.778. The number of carbonyl (C=O) groups is 1. The Morgan fingerprint density at radius 2 is 1.94 bits per heavy atom. The summed E-state index contributed by atoms with van der Waals surface area (Å²) in [5, 5.41) is 3.23. The molecule has 96 valence electrons. The summed E-state index contributed by atoms with van der Waals surface area (Å²) in [5.41, 5.74) is 0. The average Bonchev–Trinajstić information content (AvgIpc) is 2.20. The monoisotopic (exact) mass is 319 g/mol. The van der Waals surface area contributed by atoms with Gasteiger partial charge in [-0.3, -0.25) is 4.79 Å². The summed E-state index contributed by atoms with van der Waals surface area (Å²) in [4.78, 5) is 11.8. The first-order valence-corrected chi connectivity index (χ1v) is 7.89. The predicted molar refractivity (Wildman–Crippen MR) is 72.5 cm³/mol. The number of rotatable bonds is 2. The summed E-state index contributed by atoms with van der Waals surface area (Å²) in [7, 11) is 0. The molecule has 4 heteroatoms. The van der Waals surface area contributed by atoms with E-state index in [9.17, 15) is 4.79 Å². The summed E-state index contributed by atoms with van der Waals surface area (Å²) in [6.45, 7) is 1.88. The SMILES string of the molecule is C[C@@H](Br)C(=O)NC1[C@H]2CC3C[C@H]1CC(Cl)(C3)C2. The van der Waals surface area contributed by atoms with Crippen molar-refractivity contribution >= 4 is 33.4 Å². The standard InChI is InChI=1S/C13H19BrClNO/c1-7(14)12(17)16-11-9-2-8-3-10(11)6-13(15,4-8)5-9/h7-11H,2-6H2,1H3,(H,16,17)/t7-,8?,9+,10+,11?,13?/m1/s1. The van der Waals surface area contributed by atoms with Gasteiger partial charge in [0.05, 0.1) is 4.83 Å². The summed E-state index contributed by atoms with van der Waals surface area (Å²) >= 11 is 10.0. The largest absolute Gasteiger partial charge is 0.352 e. The molecular weight excluding hydrogens is 302 g/mol. The summed E-state index contributed by atoms with van der Waals surface area (Å²) in [5.74, 6) is 2.19. The van der Waals surface area contributed by atoms with Crippen molar-refractivity contribution in [3.8, 4) is 0 Å². The van der Waals surface area contributed by atoms with Crippen LogP contribution in [0.15, 0.2) is 0 Å². The van der Waals surface area contributed by atoms with E-state index in [-0.39, 0.29) is 15.6 Å². The molecule has 17 heavy (non-hydrogen) atoms. The van der Waals surface area contributed by atoms with Crippen LogP contribution in [0.3, 0.4) is 0 Å². The van der Waals surface area contributed by atoms with Gasteiger partial charge in [0.25, 0.3) is 0 Å². The maximum Gasteiger partial charge on any atom is 0.233 e. The normalized spacial score (nSPS) is 49.1. The van der Waals surface area contributed by atoms with Gasteiger partial charge < -0.3 is 5.32 Å². The Morgan fingerprint density at radius 1 is 1.35 bits per heavy atom. The molecule has 0 unspecified atom stereocenters. The maximum atomic E-state index is 11.8. The van der Waals surface area contributed by atoms with Crippen LogP contribution in [0.5, 0.6) is 0 Å². The number of halogens is 2. The second kappa shape index (κ2) is 4.12. The Labute approximate surface area is 116 Å². The lowest BCUT2D eigenvalue weighted by Gasteiger charge is -2.57. The molecule has 0 saturated heterocycles. The fourth-order valence-corrected chi connectivity index (χ4v) is 5.19. The predicted octanol–water partition coefficient (Wildman–Crippen LogP) is 3.07. The van der Waals surface area contributed by atoms with Crippen molar-refractivity contribution in [1.29, 1.82) is 0 Å². The average molecular weight is 321 g/mol. The van der Waals surface area contributed by atoms with E-state index in [0.717, 1.165) is 18.8 Å². The van der Waals surface area contributed by atoms with E-state index in [4.69, 9.17) is 11.6 Å². The van der Waals surface area contributed by atoms with Crippen LogP contribution in [0.4, 0.5) is 0 Å². The minimum absolute atomic E-state index is 0.0672. The molecule has 4 aliphatic carbocycles. The molecule has 4 fully saturated rings. The highest BCUT2D eigenvalue weighted by Gasteiger charge is 2.54. The third-order valence-electron chi connectivity index (χ3n) is 4.87. The van der Waals surface area contributed by atoms with E-state index < -0.39 is 0 Å². The lowest BCUT2D eigenvalue weighted by molar-refractivity contribution is -0.123. The first-order valence-electron chi connectivity index (χ1n) is 6.60. The topological polar surface area (TPSA) is 29.1 Å². The van der Waals surface area contributed by atoms with Gasteiger partial charge in [0.1, 0.15) is 0 Å². The lowest BCUT2D eigenvalue weighted by Crippen LogP contribution is -2.60. The molecule has 0 heterocycles. The van der Waals surface area contributed by atoms with Crippen LogP contribution in [0.1, 0.15) is 39.0 Å². The molecule has 0 aromatic carbocycles. The van der Waals surface area contributed by atoms with Gasteiger partial charge >= 0.3 is 0 Å². The van der Waals surface area contributed by atoms with Crippen molar-refractivity contribution in [3.63, 3.8) is 0 Å². The van der Waals surface area contributed by atoms with Crippen LogP contribution < -0.4 is 5.32 Å². The van der Waals surface area contributed by atoms with Crippen LogP contribution >= 0.6 is 27.5 Å². The molecule has 1 N–H and O–H groups in total. The first-order chi connectivity index (χ1) is 7.97. The summed E-state index contributed by atoms with van der Waals surface area (Å²) < 4.78 is 0. The van der Waals surface area contributed by atoms with Crippen LogP contribution in [0.2, 0.25) is 0 Å². The van der Waals surface area contributed by atoms with Crippen molar-refractivity contribution in [2.24, 2.45) is 17.8 Å². The smallest absolute Gasteiger partial charge is 0.233 e. The summed E-state index contributed by atoms with van der Waals surface area (Å²) in [6.07, 6.45) is 5.95. The highest BCUT2D eigenvalue weighted by molar-refractivity contribution is 9.10. The minimum Gasteiger partial charge on any atom is -0.352 e. The Morgan fingerprint density at radius 3 is 2.41 bits per heavy atom.